The molecule has 0 radical (unpaired) electrons. The van der Waals surface area contributed by atoms with E-state index in [1.807, 2.05) is 13.8 Å². The van der Waals surface area contributed by atoms with Gasteiger partial charge >= 0.3 is 5.69 Å². The average Bonchev–Trinajstić information content (AvgIpc) is 2.60. The highest BCUT2D eigenvalue weighted by molar-refractivity contribution is 6.03. The minimum absolute atomic E-state index is 0.0548. The summed E-state index contributed by atoms with van der Waals surface area (Å²) in [6.45, 7) is 3.76. The molecule has 1 heterocycles. The number of anilines is 1. The number of rotatable bonds is 3. The van der Waals surface area contributed by atoms with E-state index in [0.29, 0.717) is 5.69 Å². The van der Waals surface area contributed by atoms with Crippen LogP contribution in [0.5, 0.6) is 0 Å². The second-order valence-electron chi connectivity index (χ2n) is 5.85. The second kappa shape index (κ2) is 6.79. The number of benzene rings is 2. The molecule has 26 heavy (non-hydrogen) atoms. The molecule has 0 bridgehead atoms. The van der Waals surface area contributed by atoms with Crippen molar-refractivity contribution in [2.45, 2.75) is 13.8 Å². The van der Waals surface area contributed by atoms with Crippen LogP contribution in [0.25, 0.3) is 5.69 Å². The van der Waals surface area contributed by atoms with Gasteiger partial charge < -0.3 is 10.3 Å². The Morgan fingerprint density at radius 2 is 1.81 bits per heavy atom. The topological polar surface area (TPSA) is 84.0 Å². The summed E-state index contributed by atoms with van der Waals surface area (Å²) in [7, 11) is 0. The van der Waals surface area contributed by atoms with E-state index in [0.717, 1.165) is 21.9 Å². The first-order valence-corrected chi connectivity index (χ1v) is 7.86. The van der Waals surface area contributed by atoms with E-state index in [1.54, 1.807) is 24.3 Å². The van der Waals surface area contributed by atoms with Gasteiger partial charge in [0.1, 0.15) is 11.4 Å². The Kier molecular flexibility index (Phi) is 4.53. The number of hydrogen-bond donors (Lipinski definition) is 2. The molecule has 0 aliphatic heterocycles. The quantitative estimate of drug-likeness (QED) is 0.759. The predicted molar refractivity (Wildman–Crippen MR) is 96.5 cm³/mol. The van der Waals surface area contributed by atoms with Crippen LogP contribution < -0.4 is 16.6 Å². The molecule has 3 aromatic rings. The summed E-state index contributed by atoms with van der Waals surface area (Å²) in [5.41, 5.74) is 0.444. The number of carbonyl (C=O) groups excluding carboxylic acids is 1. The highest BCUT2D eigenvalue weighted by Gasteiger charge is 2.17. The van der Waals surface area contributed by atoms with Gasteiger partial charge in [0, 0.05) is 6.20 Å². The standard InChI is InChI=1S/C19H16FN3O3/c1-11-7-8-13(9-12(11)2)23-18(25)14(10-21-19(23)26)17(24)22-16-6-4-3-5-15(16)20/h3-10H,1-2H3,(H,21,26)(H,22,24). The number of nitrogens with zero attached hydrogens (tertiary/aromatic N) is 1. The smallest absolute Gasteiger partial charge is 0.319 e. The van der Waals surface area contributed by atoms with E-state index in [2.05, 4.69) is 10.3 Å². The van der Waals surface area contributed by atoms with Crippen molar-refractivity contribution in [1.29, 1.82) is 0 Å². The number of halogens is 1. The molecule has 2 aromatic carbocycles. The SMILES string of the molecule is Cc1ccc(-n2c(=O)[nH]cc(C(=O)Nc3ccccc3F)c2=O)cc1C. The third kappa shape index (κ3) is 3.19. The van der Waals surface area contributed by atoms with Crippen molar-refractivity contribution in [1.82, 2.24) is 9.55 Å². The highest BCUT2D eigenvalue weighted by Crippen LogP contribution is 2.14. The number of amides is 1. The number of para-hydroxylation sites is 1. The lowest BCUT2D eigenvalue weighted by Crippen LogP contribution is -2.38. The zero-order chi connectivity index (χ0) is 18.8. The van der Waals surface area contributed by atoms with Crippen molar-refractivity contribution in [3.05, 3.63) is 92.0 Å². The van der Waals surface area contributed by atoms with Crippen LogP contribution in [0.3, 0.4) is 0 Å². The monoisotopic (exact) mass is 353 g/mol. The summed E-state index contributed by atoms with van der Waals surface area (Å²) in [4.78, 5) is 39.6. The summed E-state index contributed by atoms with van der Waals surface area (Å²) in [6.07, 6.45) is 1.03. The molecule has 0 saturated heterocycles. The first-order chi connectivity index (χ1) is 12.4. The molecule has 0 unspecified atom stereocenters. The number of aromatic nitrogens is 2. The van der Waals surface area contributed by atoms with E-state index < -0.39 is 23.0 Å². The minimum Gasteiger partial charge on any atom is -0.319 e. The normalized spacial score (nSPS) is 10.6. The fraction of sp³-hybridized carbons (Fsp3) is 0.105. The Morgan fingerprint density at radius 3 is 2.50 bits per heavy atom. The average molecular weight is 353 g/mol. The molecule has 0 saturated carbocycles. The third-order valence-electron chi connectivity index (χ3n) is 4.09. The molecule has 1 aromatic heterocycles. The van der Waals surface area contributed by atoms with Crippen LogP contribution in [-0.2, 0) is 0 Å². The molecule has 6 nitrogen and oxygen atoms in total. The largest absolute Gasteiger partial charge is 0.333 e. The van der Waals surface area contributed by atoms with Gasteiger partial charge in [0.05, 0.1) is 11.4 Å². The maximum absolute atomic E-state index is 13.7. The van der Waals surface area contributed by atoms with Crippen LogP contribution in [0.2, 0.25) is 0 Å². The van der Waals surface area contributed by atoms with E-state index in [-0.39, 0.29) is 11.3 Å². The van der Waals surface area contributed by atoms with Gasteiger partial charge in [-0.05, 0) is 49.2 Å². The maximum atomic E-state index is 13.7. The Morgan fingerprint density at radius 1 is 1.08 bits per heavy atom. The fourth-order valence-corrected chi connectivity index (χ4v) is 2.49. The Hall–Kier alpha value is -3.48. The van der Waals surface area contributed by atoms with Crippen LogP contribution in [0.4, 0.5) is 10.1 Å². The van der Waals surface area contributed by atoms with E-state index in [4.69, 9.17) is 0 Å². The first kappa shape index (κ1) is 17.3. The molecule has 0 spiro atoms. The molecule has 132 valence electrons. The summed E-state index contributed by atoms with van der Waals surface area (Å²) in [5, 5.41) is 2.34. The summed E-state index contributed by atoms with van der Waals surface area (Å²) < 4.78 is 14.6. The molecular formula is C19H16FN3O3. The predicted octanol–water partition coefficient (Wildman–Crippen LogP) is 2.53. The van der Waals surface area contributed by atoms with Crippen LogP contribution in [0.15, 0.2) is 58.3 Å². The van der Waals surface area contributed by atoms with E-state index >= 15 is 0 Å². The third-order valence-corrected chi connectivity index (χ3v) is 4.09. The summed E-state index contributed by atoms with van der Waals surface area (Å²) in [5.74, 6) is -1.44. The minimum atomic E-state index is -0.811. The van der Waals surface area contributed by atoms with Gasteiger partial charge in [0.25, 0.3) is 11.5 Å². The summed E-state index contributed by atoms with van der Waals surface area (Å²) >= 11 is 0. The van der Waals surface area contributed by atoms with Crippen molar-refractivity contribution < 1.29 is 9.18 Å². The number of aryl methyl sites for hydroxylation is 2. The van der Waals surface area contributed by atoms with Crippen molar-refractivity contribution in [2.24, 2.45) is 0 Å². The van der Waals surface area contributed by atoms with Gasteiger partial charge in [-0.25, -0.2) is 13.8 Å². The lowest BCUT2D eigenvalue weighted by molar-refractivity contribution is 0.102. The van der Waals surface area contributed by atoms with Gasteiger partial charge in [-0.3, -0.25) is 9.59 Å². The molecule has 1 amide bonds. The number of nitrogens with one attached hydrogen (secondary N) is 2. The molecule has 2 N–H and O–H groups in total. The van der Waals surface area contributed by atoms with Crippen molar-refractivity contribution in [2.75, 3.05) is 5.32 Å². The van der Waals surface area contributed by atoms with Crippen LogP contribution in [-0.4, -0.2) is 15.5 Å². The molecule has 0 fully saturated rings. The molecule has 0 aliphatic carbocycles. The highest BCUT2D eigenvalue weighted by atomic mass is 19.1. The van der Waals surface area contributed by atoms with Crippen molar-refractivity contribution >= 4 is 11.6 Å². The Labute approximate surface area is 147 Å². The Balaban J connectivity index is 2.06. The number of aromatic amines is 1. The second-order valence-corrected chi connectivity index (χ2v) is 5.85. The van der Waals surface area contributed by atoms with Gasteiger partial charge in [-0.2, -0.15) is 0 Å². The lowest BCUT2D eigenvalue weighted by Gasteiger charge is -2.10. The maximum Gasteiger partial charge on any atom is 0.333 e. The summed E-state index contributed by atoms with van der Waals surface area (Å²) in [6, 6.07) is 10.7. The van der Waals surface area contributed by atoms with E-state index in [9.17, 15) is 18.8 Å². The number of hydrogen-bond acceptors (Lipinski definition) is 3. The van der Waals surface area contributed by atoms with Crippen LogP contribution in [0.1, 0.15) is 21.5 Å². The fourth-order valence-electron chi connectivity index (χ4n) is 2.49. The molecule has 3 rings (SSSR count). The molecular weight excluding hydrogens is 337 g/mol. The van der Waals surface area contributed by atoms with E-state index in [1.165, 1.54) is 18.2 Å². The molecule has 0 atom stereocenters. The van der Waals surface area contributed by atoms with Gasteiger partial charge in [-0.15, -0.1) is 0 Å². The zero-order valence-electron chi connectivity index (χ0n) is 14.2. The van der Waals surface area contributed by atoms with Crippen molar-refractivity contribution in [3.8, 4) is 5.69 Å². The van der Waals surface area contributed by atoms with Crippen LogP contribution in [0, 0.1) is 19.7 Å². The van der Waals surface area contributed by atoms with Crippen LogP contribution >= 0.6 is 0 Å². The zero-order valence-corrected chi connectivity index (χ0v) is 14.2. The molecule has 0 aliphatic rings. The molecule has 7 heteroatoms. The number of H-pyrrole nitrogens is 1. The van der Waals surface area contributed by atoms with Crippen molar-refractivity contribution in [3.63, 3.8) is 0 Å². The van der Waals surface area contributed by atoms with Gasteiger partial charge in [0.15, 0.2) is 0 Å². The first-order valence-electron chi connectivity index (χ1n) is 7.86. The lowest BCUT2D eigenvalue weighted by atomic mass is 10.1. The van der Waals surface area contributed by atoms with Gasteiger partial charge in [0.2, 0.25) is 0 Å². The number of carbonyl (C=O) groups is 1. The Bertz CT molecular complexity index is 1120. The van der Waals surface area contributed by atoms with Gasteiger partial charge in [-0.1, -0.05) is 18.2 Å².